The van der Waals surface area contributed by atoms with Crippen LogP contribution in [0.15, 0.2) is 47.8 Å². The van der Waals surface area contributed by atoms with Crippen molar-refractivity contribution in [2.24, 2.45) is 0 Å². The van der Waals surface area contributed by atoms with Gasteiger partial charge in [0.1, 0.15) is 0 Å². The summed E-state index contributed by atoms with van der Waals surface area (Å²) in [5.41, 5.74) is 0.395. The molecule has 1 aliphatic rings. The monoisotopic (exact) mass is 448 g/mol. The van der Waals surface area contributed by atoms with Gasteiger partial charge in [-0.1, -0.05) is 6.07 Å². The SMILES string of the molecule is CN1CCC(N(C)C(=O)c2ccc(-n3nc(C(F)(F)F)cc3-c3cccs3)cc2)CC1. The van der Waals surface area contributed by atoms with Crippen LogP contribution in [0, 0.1) is 0 Å². The van der Waals surface area contributed by atoms with E-state index in [1.54, 1.807) is 46.7 Å². The number of hydrogen-bond donors (Lipinski definition) is 0. The number of nitrogens with zero attached hydrogens (tertiary/aromatic N) is 4. The maximum absolute atomic E-state index is 13.3. The lowest BCUT2D eigenvalue weighted by Gasteiger charge is -2.35. The van der Waals surface area contributed by atoms with Crippen molar-refractivity contribution in [2.75, 3.05) is 27.2 Å². The number of rotatable bonds is 4. The zero-order valence-corrected chi connectivity index (χ0v) is 18.1. The largest absolute Gasteiger partial charge is 0.435 e. The second-order valence-electron chi connectivity index (χ2n) is 7.80. The van der Waals surface area contributed by atoms with E-state index in [9.17, 15) is 18.0 Å². The number of likely N-dealkylation sites (tertiary alicyclic amines) is 1. The zero-order chi connectivity index (χ0) is 22.2. The fourth-order valence-electron chi connectivity index (χ4n) is 3.81. The number of amides is 1. The summed E-state index contributed by atoms with van der Waals surface area (Å²) in [5, 5.41) is 5.60. The molecule has 0 bridgehead atoms. The predicted molar refractivity (Wildman–Crippen MR) is 114 cm³/mol. The molecule has 0 N–H and O–H groups in total. The second-order valence-corrected chi connectivity index (χ2v) is 8.75. The van der Waals surface area contributed by atoms with E-state index in [2.05, 4.69) is 17.0 Å². The molecule has 1 saturated heterocycles. The molecule has 0 atom stereocenters. The maximum Gasteiger partial charge on any atom is 0.435 e. The van der Waals surface area contributed by atoms with E-state index in [0.29, 0.717) is 21.8 Å². The van der Waals surface area contributed by atoms with Crippen molar-refractivity contribution in [3.05, 3.63) is 59.1 Å². The molecule has 0 radical (unpaired) electrons. The van der Waals surface area contributed by atoms with Gasteiger partial charge in [0.25, 0.3) is 5.91 Å². The minimum Gasteiger partial charge on any atom is -0.339 e. The smallest absolute Gasteiger partial charge is 0.339 e. The Kier molecular flexibility index (Phi) is 5.90. The molecular weight excluding hydrogens is 425 g/mol. The van der Waals surface area contributed by atoms with Gasteiger partial charge in [-0.15, -0.1) is 11.3 Å². The highest BCUT2D eigenvalue weighted by molar-refractivity contribution is 7.13. The standard InChI is InChI=1S/C22H23F3N4OS/c1-27-11-9-16(10-12-27)28(2)21(30)15-5-7-17(8-6-15)29-18(19-4-3-13-31-19)14-20(26-29)22(23,24)25/h3-8,13-14,16H,9-12H2,1-2H3. The molecule has 0 aliphatic carbocycles. The lowest BCUT2D eigenvalue weighted by Crippen LogP contribution is -2.44. The number of hydrogen-bond acceptors (Lipinski definition) is 4. The first-order valence-corrected chi connectivity index (χ1v) is 10.9. The van der Waals surface area contributed by atoms with Gasteiger partial charge in [0, 0.05) is 18.7 Å². The van der Waals surface area contributed by atoms with Gasteiger partial charge in [0.15, 0.2) is 5.69 Å². The van der Waals surface area contributed by atoms with Crippen LogP contribution in [0.1, 0.15) is 28.9 Å². The van der Waals surface area contributed by atoms with Gasteiger partial charge in [-0.3, -0.25) is 4.79 Å². The van der Waals surface area contributed by atoms with Crippen LogP contribution in [0.3, 0.4) is 0 Å². The highest BCUT2D eigenvalue weighted by atomic mass is 32.1. The van der Waals surface area contributed by atoms with Crippen molar-refractivity contribution in [2.45, 2.75) is 25.1 Å². The number of alkyl halides is 3. The number of benzene rings is 1. The average molecular weight is 449 g/mol. The van der Waals surface area contributed by atoms with Crippen molar-refractivity contribution in [1.82, 2.24) is 19.6 Å². The average Bonchev–Trinajstić information content (AvgIpc) is 3.43. The molecule has 1 aromatic carbocycles. The predicted octanol–water partition coefficient (Wildman–Crippen LogP) is 4.79. The number of halogens is 3. The van der Waals surface area contributed by atoms with Crippen LogP contribution in [0.25, 0.3) is 16.3 Å². The van der Waals surface area contributed by atoms with Crippen LogP contribution >= 0.6 is 11.3 Å². The fraction of sp³-hybridized carbons (Fsp3) is 0.364. The summed E-state index contributed by atoms with van der Waals surface area (Å²) in [7, 11) is 3.88. The first kappa shape index (κ1) is 21.6. The molecule has 4 rings (SSSR count). The van der Waals surface area contributed by atoms with Gasteiger partial charge in [-0.2, -0.15) is 18.3 Å². The Morgan fingerprint density at radius 3 is 2.42 bits per heavy atom. The topological polar surface area (TPSA) is 41.4 Å². The van der Waals surface area contributed by atoms with Gasteiger partial charge in [0.2, 0.25) is 0 Å². The van der Waals surface area contributed by atoms with Crippen molar-refractivity contribution in [1.29, 1.82) is 0 Å². The molecule has 9 heteroatoms. The summed E-state index contributed by atoms with van der Waals surface area (Å²) < 4.78 is 41.1. The third-order valence-corrected chi connectivity index (χ3v) is 6.58. The minimum absolute atomic E-state index is 0.0870. The molecule has 3 heterocycles. The van der Waals surface area contributed by atoms with Crippen molar-refractivity contribution in [3.8, 4) is 16.3 Å². The first-order valence-electron chi connectivity index (χ1n) is 10.0. The summed E-state index contributed by atoms with van der Waals surface area (Å²) >= 11 is 1.34. The number of carbonyl (C=O) groups is 1. The highest BCUT2D eigenvalue weighted by Crippen LogP contribution is 2.34. The van der Waals surface area contributed by atoms with Crippen molar-refractivity contribution in [3.63, 3.8) is 0 Å². The van der Waals surface area contributed by atoms with E-state index in [1.807, 2.05) is 7.05 Å². The summed E-state index contributed by atoms with van der Waals surface area (Å²) in [6, 6.07) is 11.4. The Labute approximate surface area is 182 Å². The third-order valence-electron chi connectivity index (χ3n) is 5.69. The van der Waals surface area contributed by atoms with Gasteiger partial charge in [0.05, 0.1) is 16.3 Å². The Balaban J connectivity index is 1.60. The van der Waals surface area contributed by atoms with E-state index in [0.717, 1.165) is 32.0 Å². The van der Waals surface area contributed by atoms with E-state index < -0.39 is 11.9 Å². The number of carbonyl (C=O) groups excluding carboxylic acids is 1. The van der Waals surface area contributed by atoms with Crippen molar-refractivity contribution >= 4 is 17.2 Å². The minimum atomic E-state index is -4.54. The van der Waals surface area contributed by atoms with Gasteiger partial charge >= 0.3 is 6.18 Å². The summed E-state index contributed by atoms with van der Waals surface area (Å²) in [6.07, 6.45) is -2.69. The second kappa shape index (κ2) is 8.47. The van der Waals surface area contributed by atoms with E-state index >= 15 is 0 Å². The maximum atomic E-state index is 13.3. The molecule has 3 aromatic rings. The van der Waals surface area contributed by atoms with Gasteiger partial charge in [-0.25, -0.2) is 4.68 Å². The van der Waals surface area contributed by atoms with Crippen LogP contribution in [0.5, 0.6) is 0 Å². The molecule has 31 heavy (non-hydrogen) atoms. The van der Waals surface area contributed by atoms with Gasteiger partial charge in [-0.05, 0) is 74.8 Å². The Morgan fingerprint density at radius 2 is 1.84 bits per heavy atom. The molecule has 0 unspecified atom stereocenters. The molecule has 1 fully saturated rings. The van der Waals surface area contributed by atoms with E-state index in [4.69, 9.17) is 0 Å². The summed E-state index contributed by atoms with van der Waals surface area (Å²) in [5.74, 6) is -0.0870. The highest BCUT2D eigenvalue weighted by Gasteiger charge is 2.35. The third kappa shape index (κ3) is 4.52. The molecule has 164 valence electrons. The molecule has 1 aliphatic heterocycles. The Hall–Kier alpha value is -2.65. The Morgan fingerprint density at radius 1 is 1.16 bits per heavy atom. The molecule has 2 aromatic heterocycles. The van der Waals surface area contributed by atoms with Gasteiger partial charge < -0.3 is 9.80 Å². The van der Waals surface area contributed by atoms with Crippen LogP contribution in [0.4, 0.5) is 13.2 Å². The molecular formula is C22H23F3N4OS. The number of aromatic nitrogens is 2. The lowest BCUT2D eigenvalue weighted by molar-refractivity contribution is -0.141. The molecule has 0 saturated carbocycles. The van der Waals surface area contributed by atoms with Crippen LogP contribution in [-0.2, 0) is 6.18 Å². The number of thiophene rings is 1. The number of piperidine rings is 1. The molecule has 5 nitrogen and oxygen atoms in total. The Bertz CT molecular complexity index is 1040. The summed E-state index contributed by atoms with van der Waals surface area (Å²) in [4.78, 5) is 17.6. The normalized spacial score (nSPS) is 15.9. The molecule has 1 amide bonds. The quantitative estimate of drug-likeness (QED) is 0.577. The fourth-order valence-corrected chi connectivity index (χ4v) is 4.54. The van der Waals surface area contributed by atoms with Crippen molar-refractivity contribution < 1.29 is 18.0 Å². The summed E-state index contributed by atoms with van der Waals surface area (Å²) in [6.45, 7) is 1.90. The molecule has 0 spiro atoms. The van der Waals surface area contributed by atoms with Crippen LogP contribution in [-0.4, -0.2) is 58.7 Å². The van der Waals surface area contributed by atoms with Crippen LogP contribution < -0.4 is 0 Å². The van der Waals surface area contributed by atoms with E-state index in [-0.39, 0.29) is 11.9 Å². The lowest BCUT2D eigenvalue weighted by atomic mass is 10.0. The zero-order valence-electron chi connectivity index (χ0n) is 17.3. The first-order chi connectivity index (χ1) is 14.7. The van der Waals surface area contributed by atoms with E-state index in [1.165, 1.54) is 16.0 Å². The van der Waals surface area contributed by atoms with Crippen LogP contribution in [0.2, 0.25) is 0 Å².